The quantitative estimate of drug-likeness (QED) is 0.701. The lowest BCUT2D eigenvalue weighted by Crippen LogP contribution is -2.34. The van der Waals surface area contributed by atoms with Gasteiger partial charge in [0.25, 0.3) is 5.91 Å². The molecule has 5 heteroatoms. The number of amides is 1. The van der Waals surface area contributed by atoms with E-state index in [0.717, 1.165) is 49.7 Å². The van der Waals surface area contributed by atoms with Crippen molar-refractivity contribution < 1.29 is 4.79 Å². The van der Waals surface area contributed by atoms with Gasteiger partial charge in [0.05, 0.1) is 4.91 Å². The van der Waals surface area contributed by atoms with Crippen molar-refractivity contribution in [3.05, 3.63) is 61.2 Å². The summed E-state index contributed by atoms with van der Waals surface area (Å²) in [5.74, 6) is 1.07. The number of hydrogen-bond donors (Lipinski definition) is 1. The number of nitrogens with zero attached hydrogens (tertiary/aromatic N) is 1. The van der Waals surface area contributed by atoms with Crippen LogP contribution in [0.15, 0.2) is 29.2 Å². The molecule has 1 aromatic heterocycles. The molecular weight excluding hydrogens is 396 g/mol. The highest BCUT2D eigenvalue weighted by Crippen LogP contribution is 2.42. The number of aryl methyl sites for hydroxylation is 1. The lowest BCUT2D eigenvalue weighted by molar-refractivity contribution is -0.116. The third kappa shape index (κ3) is 4.18. The highest BCUT2D eigenvalue weighted by molar-refractivity contribution is 8.03. The number of carbonyl (C=O) groups excluding carboxylic acids is 1. The summed E-state index contributed by atoms with van der Waals surface area (Å²) in [6.07, 6.45) is 9.39. The van der Waals surface area contributed by atoms with Crippen LogP contribution in [0.4, 0.5) is 0 Å². The summed E-state index contributed by atoms with van der Waals surface area (Å²) >= 11 is 3.64. The fourth-order valence-corrected chi connectivity index (χ4v) is 7.26. The lowest BCUT2D eigenvalue weighted by Gasteiger charge is -2.28. The Morgan fingerprint density at radius 3 is 2.86 bits per heavy atom. The molecule has 1 amide bonds. The van der Waals surface area contributed by atoms with Crippen LogP contribution in [0.3, 0.4) is 0 Å². The maximum Gasteiger partial charge on any atom is 0.257 e. The fourth-order valence-electron chi connectivity index (χ4n) is 4.71. The van der Waals surface area contributed by atoms with Crippen LogP contribution in [0.2, 0.25) is 0 Å². The Balaban J connectivity index is 1.12. The number of nitrogens with one attached hydrogen (secondary N) is 1. The first-order valence-corrected chi connectivity index (χ1v) is 12.6. The molecule has 1 N–H and O–H groups in total. The molecule has 3 nitrogen and oxygen atoms in total. The molecule has 0 atom stereocenters. The lowest BCUT2D eigenvalue weighted by atomic mass is 9.95. The molecule has 0 radical (unpaired) electrons. The second-order valence-corrected chi connectivity index (χ2v) is 10.4. The normalized spacial score (nSPS) is 18.4. The minimum Gasteiger partial charge on any atom is -0.352 e. The van der Waals surface area contributed by atoms with Gasteiger partial charge in [0.2, 0.25) is 0 Å². The van der Waals surface area contributed by atoms with Crippen molar-refractivity contribution in [2.24, 2.45) is 0 Å². The molecule has 1 aliphatic carbocycles. The van der Waals surface area contributed by atoms with Gasteiger partial charge in [0.15, 0.2) is 0 Å². The number of carbonyl (C=O) groups is 1. The standard InChI is InChI=1S/C24H28N2OS2/c27-24(23-14-22-20(16-28-23)19-8-3-4-9-21(19)29-22)25-11-5-12-26-13-10-17-6-1-2-7-18(17)15-26/h1-2,6-7,14H,3-5,8-13,15-16H2,(H,25,27). The monoisotopic (exact) mass is 424 g/mol. The molecule has 0 saturated heterocycles. The summed E-state index contributed by atoms with van der Waals surface area (Å²) in [5.41, 5.74) is 6.06. The predicted octanol–water partition coefficient (Wildman–Crippen LogP) is 4.78. The molecule has 0 saturated carbocycles. The van der Waals surface area contributed by atoms with Crippen molar-refractivity contribution >= 4 is 35.1 Å². The zero-order chi connectivity index (χ0) is 19.6. The molecular formula is C24H28N2OS2. The average Bonchev–Trinajstić information content (AvgIpc) is 3.14. The molecule has 2 aliphatic heterocycles. The van der Waals surface area contributed by atoms with Gasteiger partial charge in [-0.1, -0.05) is 24.3 Å². The van der Waals surface area contributed by atoms with E-state index in [-0.39, 0.29) is 5.91 Å². The Hall–Kier alpha value is -1.56. The van der Waals surface area contributed by atoms with Gasteiger partial charge in [-0.3, -0.25) is 9.69 Å². The third-order valence-electron chi connectivity index (χ3n) is 6.32. The molecule has 3 heterocycles. The molecule has 5 rings (SSSR count). The molecule has 0 fully saturated rings. The van der Waals surface area contributed by atoms with Crippen LogP contribution in [0, 0.1) is 0 Å². The van der Waals surface area contributed by atoms with E-state index in [0.29, 0.717) is 0 Å². The molecule has 3 aliphatic rings. The van der Waals surface area contributed by atoms with Gasteiger partial charge in [-0.15, -0.1) is 23.1 Å². The SMILES string of the molecule is O=C(NCCCN1CCc2ccccc2C1)C1=Cc2sc3c(c2CS1)CCCC3. The van der Waals surface area contributed by atoms with E-state index in [4.69, 9.17) is 0 Å². The van der Waals surface area contributed by atoms with E-state index in [2.05, 4.69) is 40.6 Å². The van der Waals surface area contributed by atoms with E-state index < -0.39 is 0 Å². The Kier molecular flexibility index (Phi) is 5.80. The second-order valence-electron chi connectivity index (χ2n) is 8.26. The minimum absolute atomic E-state index is 0.107. The first kappa shape index (κ1) is 19.4. The first-order chi connectivity index (χ1) is 14.3. The molecule has 29 heavy (non-hydrogen) atoms. The van der Waals surface area contributed by atoms with Crippen molar-refractivity contribution in [2.75, 3.05) is 19.6 Å². The van der Waals surface area contributed by atoms with Crippen molar-refractivity contribution in [1.82, 2.24) is 10.2 Å². The van der Waals surface area contributed by atoms with E-state index >= 15 is 0 Å². The Morgan fingerprint density at radius 2 is 1.93 bits per heavy atom. The zero-order valence-corrected chi connectivity index (χ0v) is 18.5. The molecule has 0 spiro atoms. The Bertz CT molecular complexity index is 946. The van der Waals surface area contributed by atoms with E-state index in [1.165, 1.54) is 47.3 Å². The summed E-state index contributed by atoms with van der Waals surface area (Å²) in [6.45, 7) is 3.96. The van der Waals surface area contributed by atoms with Crippen LogP contribution in [0.25, 0.3) is 6.08 Å². The maximum atomic E-state index is 12.7. The number of fused-ring (bicyclic) bond motifs is 4. The third-order valence-corrected chi connectivity index (χ3v) is 8.64. The number of thioether (sulfide) groups is 1. The van der Waals surface area contributed by atoms with Gasteiger partial charge in [-0.05, 0) is 66.9 Å². The van der Waals surface area contributed by atoms with Gasteiger partial charge in [0, 0.05) is 41.7 Å². The van der Waals surface area contributed by atoms with Crippen molar-refractivity contribution in [1.29, 1.82) is 0 Å². The highest BCUT2D eigenvalue weighted by atomic mass is 32.2. The minimum atomic E-state index is 0.107. The van der Waals surface area contributed by atoms with Crippen LogP contribution in [-0.4, -0.2) is 30.4 Å². The Morgan fingerprint density at radius 1 is 1.07 bits per heavy atom. The second kappa shape index (κ2) is 8.66. The van der Waals surface area contributed by atoms with Gasteiger partial charge in [-0.2, -0.15) is 0 Å². The maximum absolute atomic E-state index is 12.7. The van der Waals surface area contributed by atoms with Crippen LogP contribution in [0.1, 0.15) is 51.3 Å². The molecule has 1 aromatic carbocycles. The smallest absolute Gasteiger partial charge is 0.257 e. The summed E-state index contributed by atoms with van der Waals surface area (Å²) in [5, 5.41) is 3.15. The number of benzene rings is 1. The molecule has 152 valence electrons. The van der Waals surface area contributed by atoms with Crippen LogP contribution >= 0.6 is 23.1 Å². The van der Waals surface area contributed by atoms with Gasteiger partial charge in [-0.25, -0.2) is 0 Å². The summed E-state index contributed by atoms with van der Waals surface area (Å²) in [6, 6.07) is 8.76. The van der Waals surface area contributed by atoms with Crippen LogP contribution in [0.5, 0.6) is 0 Å². The predicted molar refractivity (Wildman–Crippen MR) is 123 cm³/mol. The van der Waals surface area contributed by atoms with Gasteiger partial charge in [0.1, 0.15) is 0 Å². The topological polar surface area (TPSA) is 32.3 Å². The fraction of sp³-hybridized carbons (Fsp3) is 0.458. The van der Waals surface area contributed by atoms with E-state index in [1.54, 1.807) is 22.2 Å². The zero-order valence-electron chi connectivity index (χ0n) is 16.8. The van der Waals surface area contributed by atoms with Gasteiger partial charge < -0.3 is 5.32 Å². The molecule has 2 aromatic rings. The van der Waals surface area contributed by atoms with Crippen molar-refractivity contribution in [3.63, 3.8) is 0 Å². The summed E-state index contributed by atoms with van der Waals surface area (Å²) in [7, 11) is 0. The van der Waals surface area contributed by atoms with Crippen molar-refractivity contribution in [3.8, 4) is 0 Å². The van der Waals surface area contributed by atoms with E-state index in [1.807, 2.05) is 11.3 Å². The summed E-state index contributed by atoms with van der Waals surface area (Å²) < 4.78 is 0. The van der Waals surface area contributed by atoms with Gasteiger partial charge >= 0.3 is 0 Å². The van der Waals surface area contributed by atoms with Crippen LogP contribution in [-0.2, 0) is 36.4 Å². The average molecular weight is 425 g/mol. The first-order valence-electron chi connectivity index (χ1n) is 10.8. The van der Waals surface area contributed by atoms with E-state index in [9.17, 15) is 4.79 Å². The largest absolute Gasteiger partial charge is 0.352 e. The molecule has 0 unspecified atom stereocenters. The van der Waals surface area contributed by atoms with Crippen molar-refractivity contribution in [2.45, 2.75) is 50.8 Å². The highest BCUT2D eigenvalue weighted by Gasteiger charge is 2.25. The Labute approximate surface area is 181 Å². The molecule has 0 bridgehead atoms. The number of thiophene rings is 1. The van der Waals surface area contributed by atoms with Crippen LogP contribution < -0.4 is 5.32 Å². The summed E-state index contributed by atoms with van der Waals surface area (Å²) in [4.78, 5) is 19.0. The number of hydrogen-bond acceptors (Lipinski definition) is 4. The number of rotatable bonds is 5.